The maximum absolute atomic E-state index is 12.6. The number of nitrogens with zero attached hydrogens (tertiary/aromatic N) is 1. The van der Waals surface area contributed by atoms with Gasteiger partial charge in [-0.2, -0.15) is 0 Å². The predicted octanol–water partition coefficient (Wildman–Crippen LogP) is 7.31. The number of aromatic amines is 1. The topological polar surface area (TPSA) is 86.9 Å². The molecule has 3 N–H and O–H groups in total. The van der Waals surface area contributed by atoms with Crippen molar-refractivity contribution in [1.29, 1.82) is 0 Å². The fourth-order valence-corrected chi connectivity index (χ4v) is 4.96. The highest BCUT2D eigenvalue weighted by Crippen LogP contribution is 2.27. The number of nitrogens with one attached hydrogen (secondary N) is 3. The monoisotopic (exact) mass is 506 g/mol. The van der Waals surface area contributed by atoms with Gasteiger partial charge < -0.3 is 15.6 Å². The van der Waals surface area contributed by atoms with Crippen LogP contribution in [0.25, 0.3) is 22.4 Å². The molecule has 0 saturated heterocycles. The minimum absolute atomic E-state index is 0.107. The molecule has 35 heavy (non-hydrogen) atoms. The van der Waals surface area contributed by atoms with E-state index in [1.165, 1.54) is 6.42 Å². The number of H-pyrrole nitrogens is 1. The number of benzene rings is 3. The molecular weight excluding hydrogens is 483 g/mol. The fourth-order valence-electron chi connectivity index (χ4n) is 4.43. The van der Waals surface area contributed by atoms with Gasteiger partial charge in [-0.1, -0.05) is 42.5 Å². The van der Waals surface area contributed by atoms with Crippen molar-refractivity contribution in [2.45, 2.75) is 32.1 Å². The van der Waals surface area contributed by atoms with Gasteiger partial charge in [0.15, 0.2) is 0 Å². The Labute approximate surface area is 213 Å². The van der Waals surface area contributed by atoms with Crippen molar-refractivity contribution in [2.75, 3.05) is 10.6 Å². The first kappa shape index (κ1) is 23.4. The highest BCUT2D eigenvalue weighted by atomic mass is 35.5. The van der Waals surface area contributed by atoms with Crippen LogP contribution in [0.2, 0.25) is 10.0 Å². The molecule has 1 heterocycles. The second-order valence-corrected chi connectivity index (χ2v) is 9.70. The van der Waals surface area contributed by atoms with Crippen LogP contribution in [0, 0.1) is 5.92 Å². The number of hydrogen-bond acceptors (Lipinski definition) is 3. The normalized spacial score (nSPS) is 14.1. The summed E-state index contributed by atoms with van der Waals surface area (Å²) in [6, 6.07) is 17.8. The van der Waals surface area contributed by atoms with Crippen LogP contribution in [0.3, 0.4) is 0 Å². The molecule has 2 amide bonds. The van der Waals surface area contributed by atoms with Crippen LogP contribution in [0.5, 0.6) is 0 Å². The van der Waals surface area contributed by atoms with Crippen molar-refractivity contribution < 1.29 is 9.59 Å². The lowest BCUT2D eigenvalue weighted by Crippen LogP contribution is -2.24. The Kier molecular flexibility index (Phi) is 6.75. The molecule has 1 aromatic heterocycles. The Balaban J connectivity index is 1.29. The van der Waals surface area contributed by atoms with Crippen LogP contribution in [-0.4, -0.2) is 21.8 Å². The number of fused-ring (bicyclic) bond motifs is 1. The number of carbonyl (C=O) groups is 2. The van der Waals surface area contributed by atoms with E-state index in [1.807, 2.05) is 36.4 Å². The zero-order chi connectivity index (χ0) is 24.4. The predicted molar refractivity (Wildman–Crippen MR) is 141 cm³/mol. The van der Waals surface area contributed by atoms with E-state index in [9.17, 15) is 9.59 Å². The van der Waals surface area contributed by atoms with Crippen molar-refractivity contribution in [3.05, 3.63) is 76.3 Å². The molecule has 1 aliphatic carbocycles. The van der Waals surface area contributed by atoms with Gasteiger partial charge in [-0.05, 0) is 73.5 Å². The van der Waals surface area contributed by atoms with Crippen molar-refractivity contribution in [2.24, 2.45) is 5.92 Å². The van der Waals surface area contributed by atoms with Crippen molar-refractivity contribution in [1.82, 2.24) is 9.97 Å². The van der Waals surface area contributed by atoms with Gasteiger partial charge in [0.25, 0.3) is 5.91 Å². The molecule has 178 valence electrons. The molecular formula is C27H24Cl2N4O2. The number of imidazole rings is 1. The average Bonchev–Trinajstić information content (AvgIpc) is 3.28. The van der Waals surface area contributed by atoms with Crippen LogP contribution in [0.1, 0.15) is 42.5 Å². The lowest BCUT2D eigenvalue weighted by atomic mass is 9.88. The molecule has 1 saturated carbocycles. The number of hydrogen-bond donors (Lipinski definition) is 3. The molecule has 1 aliphatic rings. The Morgan fingerprint density at radius 2 is 1.51 bits per heavy atom. The number of amides is 2. The summed E-state index contributed by atoms with van der Waals surface area (Å²) in [4.78, 5) is 33.1. The van der Waals surface area contributed by atoms with E-state index >= 15 is 0 Å². The highest BCUT2D eigenvalue weighted by Gasteiger charge is 2.21. The second kappa shape index (κ2) is 10.1. The Hall–Kier alpha value is -3.35. The quantitative estimate of drug-likeness (QED) is 0.265. The van der Waals surface area contributed by atoms with Crippen molar-refractivity contribution >= 4 is 57.4 Å². The fraction of sp³-hybridized carbons (Fsp3) is 0.222. The molecule has 8 heteroatoms. The standard InChI is InChI=1S/C27H24Cl2N4O2/c28-19-12-18(13-20(29)14-19)27(35)31-22-10-11-23-24(15-22)33-25(32-23)16-6-8-21(9-7-16)30-26(34)17-4-2-1-3-5-17/h6-15,17H,1-5H2,(H,30,34)(H,31,35)(H,32,33). The lowest BCUT2D eigenvalue weighted by molar-refractivity contribution is -0.120. The largest absolute Gasteiger partial charge is 0.338 e. The third-order valence-electron chi connectivity index (χ3n) is 6.27. The van der Waals surface area contributed by atoms with Crippen molar-refractivity contribution in [3.63, 3.8) is 0 Å². The van der Waals surface area contributed by atoms with Crippen LogP contribution >= 0.6 is 23.2 Å². The summed E-state index contributed by atoms with van der Waals surface area (Å²) in [7, 11) is 0. The summed E-state index contributed by atoms with van der Waals surface area (Å²) in [5.74, 6) is 0.620. The Bertz CT molecular complexity index is 1370. The van der Waals surface area contributed by atoms with Crippen molar-refractivity contribution in [3.8, 4) is 11.4 Å². The molecule has 6 nitrogen and oxygen atoms in total. The minimum Gasteiger partial charge on any atom is -0.338 e. The third-order valence-corrected chi connectivity index (χ3v) is 6.70. The number of aromatic nitrogens is 2. The second-order valence-electron chi connectivity index (χ2n) is 8.83. The summed E-state index contributed by atoms with van der Waals surface area (Å²) < 4.78 is 0. The first-order valence-electron chi connectivity index (χ1n) is 11.6. The minimum atomic E-state index is -0.306. The van der Waals surface area contributed by atoms with Crippen LogP contribution < -0.4 is 10.6 Å². The van der Waals surface area contributed by atoms with Crippen LogP contribution in [0.15, 0.2) is 60.7 Å². The van der Waals surface area contributed by atoms with E-state index in [1.54, 1.807) is 24.3 Å². The van der Waals surface area contributed by atoms with E-state index in [0.717, 1.165) is 48.0 Å². The van der Waals surface area contributed by atoms with Crippen LogP contribution in [-0.2, 0) is 4.79 Å². The molecule has 0 atom stereocenters. The number of halogens is 2. The van der Waals surface area contributed by atoms with Crippen LogP contribution in [0.4, 0.5) is 11.4 Å². The molecule has 0 aliphatic heterocycles. The molecule has 5 rings (SSSR count). The molecule has 0 bridgehead atoms. The van der Waals surface area contributed by atoms with Gasteiger partial charge >= 0.3 is 0 Å². The van der Waals surface area contributed by atoms with Gasteiger partial charge in [-0.15, -0.1) is 0 Å². The summed E-state index contributed by atoms with van der Waals surface area (Å²) >= 11 is 12.0. The van der Waals surface area contributed by atoms with E-state index in [0.29, 0.717) is 27.1 Å². The lowest BCUT2D eigenvalue weighted by Gasteiger charge is -2.20. The van der Waals surface area contributed by atoms with Gasteiger partial charge in [0.1, 0.15) is 5.82 Å². The van der Waals surface area contributed by atoms with Gasteiger partial charge in [-0.25, -0.2) is 4.98 Å². The maximum atomic E-state index is 12.6. The summed E-state index contributed by atoms with van der Waals surface area (Å²) in [5, 5.41) is 6.70. The smallest absolute Gasteiger partial charge is 0.255 e. The number of anilines is 2. The zero-order valence-electron chi connectivity index (χ0n) is 18.9. The van der Waals surface area contributed by atoms with Gasteiger partial charge in [0.05, 0.1) is 11.0 Å². The molecule has 0 radical (unpaired) electrons. The summed E-state index contributed by atoms with van der Waals surface area (Å²) in [6.45, 7) is 0. The zero-order valence-corrected chi connectivity index (χ0v) is 20.4. The SMILES string of the molecule is O=C(Nc1ccc2nc(-c3ccc(NC(=O)C4CCCCC4)cc3)[nH]c2c1)c1cc(Cl)cc(Cl)c1. The van der Waals surface area contributed by atoms with E-state index in [2.05, 4.69) is 20.6 Å². The molecule has 0 spiro atoms. The third kappa shape index (κ3) is 5.50. The molecule has 1 fully saturated rings. The van der Waals surface area contributed by atoms with Gasteiger partial charge in [0.2, 0.25) is 5.91 Å². The summed E-state index contributed by atoms with van der Waals surface area (Å²) in [5.41, 5.74) is 4.25. The van der Waals surface area contributed by atoms with Gasteiger partial charge in [-0.3, -0.25) is 9.59 Å². The average molecular weight is 507 g/mol. The first-order valence-corrected chi connectivity index (χ1v) is 12.4. The molecule has 4 aromatic rings. The highest BCUT2D eigenvalue weighted by molar-refractivity contribution is 6.35. The molecule has 0 unspecified atom stereocenters. The van der Waals surface area contributed by atoms with E-state index < -0.39 is 0 Å². The maximum Gasteiger partial charge on any atom is 0.255 e. The number of rotatable bonds is 5. The van der Waals surface area contributed by atoms with E-state index in [-0.39, 0.29) is 17.7 Å². The Morgan fingerprint density at radius 3 is 2.23 bits per heavy atom. The first-order chi connectivity index (χ1) is 16.9. The van der Waals surface area contributed by atoms with E-state index in [4.69, 9.17) is 23.2 Å². The Morgan fingerprint density at radius 1 is 0.829 bits per heavy atom. The molecule has 3 aromatic carbocycles. The number of carbonyl (C=O) groups excluding carboxylic acids is 2. The van der Waals surface area contributed by atoms with Gasteiger partial charge in [0, 0.05) is 38.5 Å². The summed E-state index contributed by atoms with van der Waals surface area (Å²) in [6.07, 6.45) is 5.42.